The summed E-state index contributed by atoms with van der Waals surface area (Å²) in [5.74, 6) is 0.906. The number of anilines is 4. The van der Waals surface area contributed by atoms with E-state index in [1.54, 1.807) is 25.3 Å². The molecule has 1 heterocycles. The summed E-state index contributed by atoms with van der Waals surface area (Å²) in [5.41, 5.74) is 2.10. The van der Waals surface area contributed by atoms with Crippen LogP contribution < -0.4 is 15.4 Å². The zero-order valence-electron chi connectivity index (χ0n) is 13.5. The van der Waals surface area contributed by atoms with Gasteiger partial charge in [-0.05, 0) is 36.8 Å². The molecule has 25 heavy (non-hydrogen) atoms. The number of hydrogen-bond donors (Lipinski definition) is 2. The summed E-state index contributed by atoms with van der Waals surface area (Å²) in [6.45, 7) is 1.88. The molecule has 1 aromatic heterocycles. The van der Waals surface area contributed by atoms with Crippen molar-refractivity contribution in [3.63, 3.8) is 0 Å². The number of nitrogens with zero attached hydrogens (tertiary/aromatic N) is 3. The summed E-state index contributed by atoms with van der Waals surface area (Å²) in [6.07, 6.45) is 1.44. The van der Waals surface area contributed by atoms with Gasteiger partial charge in [-0.25, -0.2) is 4.39 Å². The smallest absolute Gasteiger partial charge is 0.249 e. The first-order valence-corrected chi connectivity index (χ1v) is 7.76. The van der Waals surface area contributed by atoms with Crippen LogP contribution in [0.1, 0.15) is 5.56 Å². The van der Waals surface area contributed by atoms with Gasteiger partial charge in [-0.3, -0.25) is 0 Å². The monoisotopic (exact) mass is 359 g/mol. The lowest BCUT2D eigenvalue weighted by atomic mass is 10.2. The van der Waals surface area contributed by atoms with Crippen molar-refractivity contribution < 1.29 is 9.13 Å². The van der Waals surface area contributed by atoms with Crippen LogP contribution in [0.3, 0.4) is 0 Å². The zero-order valence-corrected chi connectivity index (χ0v) is 14.3. The molecule has 0 amide bonds. The topological polar surface area (TPSA) is 72.0 Å². The van der Waals surface area contributed by atoms with E-state index in [-0.39, 0.29) is 11.8 Å². The molecular formula is C17H15ClFN5O. The minimum absolute atomic E-state index is 0.265. The van der Waals surface area contributed by atoms with E-state index >= 15 is 0 Å². The van der Waals surface area contributed by atoms with Crippen LogP contribution in [0.25, 0.3) is 0 Å². The fraction of sp³-hybridized carbons (Fsp3) is 0.118. The van der Waals surface area contributed by atoms with E-state index in [9.17, 15) is 4.39 Å². The van der Waals surface area contributed by atoms with Crippen LogP contribution in [-0.4, -0.2) is 22.3 Å². The number of benzene rings is 2. The highest BCUT2D eigenvalue weighted by molar-refractivity contribution is 6.31. The summed E-state index contributed by atoms with van der Waals surface area (Å²) in [6, 6.07) is 9.60. The largest absolute Gasteiger partial charge is 0.495 e. The van der Waals surface area contributed by atoms with Crippen molar-refractivity contribution in [1.82, 2.24) is 15.2 Å². The molecular weight excluding hydrogens is 345 g/mol. The van der Waals surface area contributed by atoms with E-state index in [0.717, 1.165) is 5.56 Å². The van der Waals surface area contributed by atoms with Crippen LogP contribution in [0.15, 0.2) is 42.6 Å². The molecule has 0 fully saturated rings. The van der Waals surface area contributed by atoms with Crippen molar-refractivity contribution in [1.29, 1.82) is 0 Å². The first-order chi connectivity index (χ1) is 12.0. The third-order valence-electron chi connectivity index (χ3n) is 3.38. The summed E-state index contributed by atoms with van der Waals surface area (Å²) < 4.78 is 18.6. The van der Waals surface area contributed by atoms with E-state index in [4.69, 9.17) is 16.3 Å². The first kappa shape index (κ1) is 16.9. The van der Waals surface area contributed by atoms with Gasteiger partial charge in [0.25, 0.3) is 0 Å². The number of methoxy groups -OCH3 is 1. The van der Waals surface area contributed by atoms with Crippen LogP contribution in [0.2, 0.25) is 5.02 Å². The highest BCUT2D eigenvalue weighted by Gasteiger charge is 2.09. The van der Waals surface area contributed by atoms with Gasteiger partial charge in [0.15, 0.2) is 5.82 Å². The highest BCUT2D eigenvalue weighted by Crippen LogP contribution is 2.32. The second-order valence-electron chi connectivity index (χ2n) is 5.23. The number of nitrogens with one attached hydrogen (secondary N) is 2. The minimum atomic E-state index is -0.341. The van der Waals surface area contributed by atoms with Crippen molar-refractivity contribution >= 4 is 34.7 Å². The molecule has 0 unspecified atom stereocenters. The molecule has 0 aliphatic heterocycles. The number of ether oxygens (including phenoxy) is 1. The maximum absolute atomic E-state index is 13.3. The first-order valence-electron chi connectivity index (χ1n) is 7.38. The van der Waals surface area contributed by atoms with E-state index in [2.05, 4.69) is 25.8 Å². The third kappa shape index (κ3) is 4.13. The normalized spacial score (nSPS) is 10.4. The van der Waals surface area contributed by atoms with Gasteiger partial charge in [-0.2, -0.15) is 10.1 Å². The molecule has 3 rings (SSSR count). The molecule has 0 saturated carbocycles. The molecule has 0 aliphatic rings. The van der Waals surface area contributed by atoms with Gasteiger partial charge in [0, 0.05) is 16.8 Å². The number of rotatable bonds is 5. The number of aryl methyl sites for hydroxylation is 1. The van der Waals surface area contributed by atoms with Crippen LogP contribution in [0, 0.1) is 12.7 Å². The van der Waals surface area contributed by atoms with Gasteiger partial charge < -0.3 is 15.4 Å². The molecule has 0 atom stereocenters. The lowest BCUT2D eigenvalue weighted by molar-refractivity contribution is 0.416. The Morgan fingerprint density at radius 3 is 2.76 bits per heavy atom. The average molecular weight is 360 g/mol. The van der Waals surface area contributed by atoms with Crippen molar-refractivity contribution in [2.24, 2.45) is 0 Å². The van der Waals surface area contributed by atoms with E-state index in [1.807, 2.05) is 13.0 Å². The number of halogens is 2. The Labute approximate surface area is 149 Å². The summed E-state index contributed by atoms with van der Waals surface area (Å²) in [4.78, 5) is 4.31. The molecule has 2 N–H and O–H groups in total. The Morgan fingerprint density at radius 1 is 1.16 bits per heavy atom. The van der Waals surface area contributed by atoms with Crippen LogP contribution >= 0.6 is 11.6 Å². The predicted octanol–water partition coefficient (Wildman–Crippen LogP) is 4.47. The van der Waals surface area contributed by atoms with Crippen molar-refractivity contribution in [2.75, 3.05) is 17.7 Å². The maximum Gasteiger partial charge on any atom is 0.249 e. The Kier molecular flexibility index (Phi) is 4.95. The minimum Gasteiger partial charge on any atom is -0.495 e. The Bertz CT molecular complexity index is 906. The quantitative estimate of drug-likeness (QED) is 0.700. The molecule has 0 saturated heterocycles. The predicted molar refractivity (Wildman–Crippen MR) is 95.5 cm³/mol. The van der Waals surface area contributed by atoms with Gasteiger partial charge in [-0.15, -0.1) is 5.10 Å². The van der Waals surface area contributed by atoms with Gasteiger partial charge in [0.2, 0.25) is 5.95 Å². The lowest BCUT2D eigenvalue weighted by Crippen LogP contribution is -2.03. The molecule has 3 aromatic rings. The maximum atomic E-state index is 13.3. The Balaban J connectivity index is 1.84. The molecule has 8 heteroatoms. The summed E-state index contributed by atoms with van der Waals surface area (Å²) in [5, 5.41) is 14.5. The van der Waals surface area contributed by atoms with Crippen molar-refractivity contribution in [3.8, 4) is 5.75 Å². The lowest BCUT2D eigenvalue weighted by Gasteiger charge is -2.12. The molecule has 6 nitrogen and oxygen atoms in total. The third-order valence-corrected chi connectivity index (χ3v) is 3.79. The molecule has 0 aliphatic carbocycles. The SMILES string of the molecule is COc1cc(Cl)c(C)cc1Nc1nncc(Nc2cccc(F)c2)n1. The highest BCUT2D eigenvalue weighted by atomic mass is 35.5. The van der Waals surface area contributed by atoms with Crippen LogP contribution in [0.4, 0.5) is 27.5 Å². The fourth-order valence-corrected chi connectivity index (χ4v) is 2.33. The molecule has 0 bridgehead atoms. The van der Waals surface area contributed by atoms with Gasteiger partial charge in [0.05, 0.1) is 19.0 Å². The van der Waals surface area contributed by atoms with Crippen LogP contribution in [0.5, 0.6) is 5.75 Å². The molecule has 2 aromatic carbocycles. The summed E-state index contributed by atoms with van der Waals surface area (Å²) in [7, 11) is 1.55. The van der Waals surface area contributed by atoms with Gasteiger partial charge in [-0.1, -0.05) is 17.7 Å². The fourth-order valence-electron chi connectivity index (χ4n) is 2.18. The number of hydrogen-bond acceptors (Lipinski definition) is 6. The second-order valence-corrected chi connectivity index (χ2v) is 5.63. The molecule has 0 spiro atoms. The van der Waals surface area contributed by atoms with Gasteiger partial charge in [0.1, 0.15) is 11.6 Å². The Hall–Kier alpha value is -2.93. The molecule has 128 valence electrons. The zero-order chi connectivity index (χ0) is 17.8. The van der Waals surface area contributed by atoms with E-state index in [0.29, 0.717) is 28.0 Å². The summed E-state index contributed by atoms with van der Waals surface area (Å²) >= 11 is 6.10. The van der Waals surface area contributed by atoms with Gasteiger partial charge >= 0.3 is 0 Å². The van der Waals surface area contributed by atoms with E-state index < -0.39 is 0 Å². The standard InChI is InChI=1S/C17H15ClFN5O/c1-10-6-14(15(25-2)8-13(10)18)22-17-23-16(9-20-24-17)21-12-5-3-4-11(19)7-12/h3-9H,1-2H3,(H2,21,22,23,24). The number of aromatic nitrogens is 3. The second kappa shape index (κ2) is 7.31. The van der Waals surface area contributed by atoms with Crippen molar-refractivity contribution in [2.45, 2.75) is 6.92 Å². The average Bonchev–Trinajstić information content (AvgIpc) is 2.58. The molecule has 0 radical (unpaired) electrons. The van der Waals surface area contributed by atoms with Crippen molar-refractivity contribution in [3.05, 3.63) is 59.0 Å². The van der Waals surface area contributed by atoms with Crippen LogP contribution in [-0.2, 0) is 0 Å². The Morgan fingerprint density at radius 2 is 2.00 bits per heavy atom. The van der Waals surface area contributed by atoms with E-state index in [1.165, 1.54) is 18.3 Å².